The summed E-state index contributed by atoms with van der Waals surface area (Å²) < 4.78 is 4.80. The van der Waals surface area contributed by atoms with Crippen LogP contribution in [0.2, 0.25) is 5.02 Å². The molecule has 1 N–H and O–H groups in total. The summed E-state index contributed by atoms with van der Waals surface area (Å²) in [6.45, 7) is 1.92. The topological polar surface area (TPSA) is 55.4 Å². The first-order valence-electron chi connectivity index (χ1n) is 5.02. The Morgan fingerprint density at radius 3 is 2.76 bits per heavy atom. The van der Waals surface area contributed by atoms with Gasteiger partial charge in [0, 0.05) is 5.02 Å². The highest BCUT2D eigenvalue weighted by Crippen LogP contribution is 2.17. The number of carbonyl (C=O) groups excluding carboxylic acids is 2. The van der Waals surface area contributed by atoms with Crippen molar-refractivity contribution in [2.24, 2.45) is 0 Å². The minimum absolute atomic E-state index is 0.0509. The van der Waals surface area contributed by atoms with E-state index in [1.54, 1.807) is 31.2 Å². The highest BCUT2D eigenvalue weighted by Gasteiger charge is 2.10. The van der Waals surface area contributed by atoms with E-state index in [4.69, 9.17) is 16.3 Å². The van der Waals surface area contributed by atoms with Gasteiger partial charge in [0.2, 0.25) is 6.41 Å². The first kappa shape index (κ1) is 13.3. The number of rotatable bonds is 5. The molecule has 0 fully saturated rings. The molecule has 5 heteroatoms. The molecule has 0 aliphatic carbocycles. The van der Waals surface area contributed by atoms with E-state index in [0.29, 0.717) is 17.0 Å². The Labute approximate surface area is 104 Å². The van der Waals surface area contributed by atoms with E-state index in [1.165, 1.54) is 6.08 Å². The summed E-state index contributed by atoms with van der Waals surface area (Å²) in [5, 5.41) is 2.78. The number of benzene rings is 1. The van der Waals surface area contributed by atoms with Crippen molar-refractivity contribution in [2.75, 3.05) is 6.61 Å². The zero-order valence-electron chi connectivity index (χ0n) is 9.27. The Balaban J connectivity index is 3.01. The summed E-state index contributed by atoms with van der Waals surface area (Å²) in [7, 11) is 0. The number of esters is 1. The second-order valence-electron chi connectivity index (χ2n) is 3.06. The first-order valence-corrected chi connectivity index (χ1v) is 5.40. The maximum atomic E-state index is 11.5. The quantitative estimate of drug-likeness (QED) is 0.496. The lowest BCUT2D eigenvalue weighted by Crippen LogP contribution is -2.20. The Kier molecular flexibility index (Phi) is 5.23. The summed E-state index contributed by atoms with van der Waals surface area (Å²) in [6, 6.07) is 6.98. The molecule has 0 spiro atoms. The summed E-state index contributed by atoms with van der Waals surface area (Å²) in [6.07, 6.45) is 1.88. The number of amides is 1. The fraction of sp³-hybridized carbons (Fsp3) is 0.167. The van der Waals surface area contributed by atoms with Gasteiger partial charge in [-0.05, 0) is 24.6 Å². The van der Waals surface area contributed by atoms with Crippen molar-refractivity contribution in [3.63, 3.8) is 0 Å². The number of hydrogen-bond donors (Lipinski definition) is 1. The summed E-state index contributed by atoms with van der Waals surface area (Å²) in [4.78, 5) is 21.9. The standard InChI is InChI=1S/C12H12ClNO3/c1-2-17-12(16)11(14-8-15)7-9-5-3-4-6-10(9)13/h3-8H,2H2,1H3,(H,14,15)/b11-7+. The van der Waals surface area contributed by atoms with Gasteiger partial charge in [0.05, 0.1) is 6.61 Å². The van der Waals surface area contributed by atoms with Crippen LogP contribution < -0.4 is 5.32 Å². The van der Waals surface area contributed by atoms with Crippen LogP contribution in [-0.2, 0) is 14.3 Å². The summed E-state index contributed by atoms with van der Waals surface area (Å²) in [5.74, 6) is -0.598. The number of ether oxygens (including phenoxy) is 1. The van der Waals surface area contributed by atoms with Gasteiger partial charge in [0.15, 0.2) is 0 Å². The molecule has 1 aromatic carbocycles. The second-order valence-corrected chi connectivity index (χ2v) is 3.47. The van der Waals surface area contributed by atoms with Crippen LogP contribution in [0.3, 0.4) is 0 Å². The van der Waals surface area contributed by atoms with E-state index in [2.05, 4.69) is 5.32 Å². The number of carbonyl (C=O) groups is 2. The van der Waals surface area contributed by atoms with Crippen LogP contribution in [0.4, 0.5) is 0 Å². The minimum atomic E-state index is -0.598. The van der Waals surface area contributed by atoms with Crippen molar-refractivity contribution < 1.29 is 14.3 Å². The molecule has 0 radical (unpaired) electrons. The van der Waals surface area contributed by atoms with Crippen LogP contribution in [-0.4, -0.2) is 19.0 Å². The Hall–Kier alpha value is -1.81. The molecular formula is C12H12ClNO3. The molecule has 1 rings (SSSR count). The van der Waals surface area contributed by atoms with Crippen molar-refractivity contribution in [1.29, 1.82) is 0 Å². The Morgan fingerprint density at radius 2 is 2.18 bits per heavy atom. The molecule has 0 aliphatic rings. The van der Waals surface area contributed by atoms with Crippen LogP contribution >= 0.6 is 11.6 Å². The third-order valence-corrected chi connectivity index (χ3v) is 2.26. The zero-order chi connectivity index (χ0) is 12.7. The molecule has 90 valence electrons. The average Bonchev–Trinajstić information content (AvgIpc) is 2.31. The van der Waals surface area contributed by atoms with Gasteiger partial charge < -0.3 is 10.1 Å². The third kappa shape index (κ3) is 3.92. The number of hydrogen-bond acceptors (Lipinski definition) is 3. The third-order valence-electron chi connectivity index (χ3n) is 1.91. The minimum Gasteiger partial charge on any atom is -0.461 e. The average molecular weight is 254 g/mol. The molecule has 0 atom stereocenters. The van der Waals surface area contributed by atoms with E-state index >= 15 is 0 Å². The lowest BCUT2D eigenvalue weighted by Gasteiger charge is -2.06. The molecule has 0 aromatic heterocycles. The monoisotopic (exact) mass is 253 g/mol. The molecule has 1 amide bonds. The van der Waals surface area contributed by atoms with E-state index in [1.807, 2.05) is 0 Å². The van der Waals surface area contributed by atoms with Crippen molar-refractivity contribution in [2.45, 2.75) is 6.92 Å². The smallest absolute Gasteiger partial charge is 0.354 e. The van der Waals surface area contributed by atoms with E-state index in [9.17, 15) is 9.59 Å². The van der Waals surface area contributed by atoms with Crippen LogP contribution in [0.1, 0.15) is 12.5 Å². The molecule has 0 aliphatic heterocycles. The van der Waals surface area contributed by atoms with E-state index in [-0.39, 0.29) is 12.3 Å². The van der Waals surface area contributed by atoms with Gasteiger partial charge in [-0.3, -0.25) is 4.79 Å². The van der Waals surface area contributed by atoms with Gasteiger partial charge in [-0.1, -0.05) is 29.8 Å². The molecule has 1 aromatic rings. The molecule has 0 unspecified atom stereocenters. The fourth-order valence-corrected chi connectivity index (χ4v) is 1.37. The Morgan fingerprint density at radius 1 is 1.47 bits per heavy atom. The lowest BCUT2D eigenvalue weighted by molar-refractivity contribution is -0.139. The molecule has 17 heavy (non-hydrogen) atoms. The molecular weight excluding hydrogens is 242 g/mol. The fourth-order valence-electron chi connectivity index (χ4n) is 1.18. The number of halogens is 1. The van der Waals surface area contributed by atoms with Crippen LogP contribution in [0.15, 0.2) is 30.0 Å². The predicted octanol–water partition coefficient (Wildman–Crippen LogP) is 1.99. The summed E-state index contributed by atoms with van der Waals surface area (Å²) in [5.41, 5.74) is 0.682. The van der Waals surface area contributed by atoms with Crippen LogP contribution in [0.25, 0.3) is 6.08 Å². The summed E-state index contributed by atoms with van der Waals surface area (Å²) >= 11 is 5.94. The largest absolute Gasteiger partial charge is 0.461 e. The maximum Gasteiger partial charge on any atom is 0.354 e. The second kappa shape index (κ2) is 6.70. The van der Waals surface area contributed by atoms with Crippen molar-refractivity contribution >= 4 is 30.1 Å². The van der Waals surface area contributed by atoms with Crippen molar-refractivity contribution in [3.8, 4) is 0 Å². The SMILES string of the molecule is CCOC(=O)/C(=C\c1ccccc1Cl)NC=O. The van der Waals surface area contributed by atoms with Gasteiger partial charge in [-0.2, -0.15) is 0 Å². The molecule has 0 saturated carbocycles. The van der Waals surface area contributed by atoms with Gasteiger partial charge in [-0.15, -0.1) is 0 Å². The predicted molar refractivity (Wildman–Crippen MR) is 65.3 cm³/mol. The number of nitrogens with one attached hydrogen (secondary N) is 1. The first-order chi connectivity index (χ1) is 8.19. The van der Waals surface area contributed by atoms with Crippen LogP contribution in [0, 0.1) is 0 Å². The molecule has 4 nitrogen and oxygen atoms in total. The lowest BCUT2D eigenvalue weighted by atomic mass is 10.2. The molecule has 0 saturated heterocycles. The van der Waals surface area contributed by atoms with E-state index in [0.717, 1.165) is 0 Å². The maximum absolute atomic E-state index is 11.5. The van der Waals surface area contributed by atoms with Crippen molar-refractivity contribution in [1.82, 2.24) is 5.32 Å². The van der Waals surface area contributed by atoms with Gasteiger partial charge >= 0.3 is 5.97 Å². The van der Waals surface area contributed by atoms with Crippen LogP contribution in [0.5, 0.6) is 0 Å². The zero-order valence-corrected chi connectivity index (χ0v) is 10.0. The normalized spacial score (nSPS) is 10.8. The van der Waals surface area contributed by atoms with Gasteiger partial charge in [0.25, 0.3) is 0 Å². The van der Waals surface area contributed by atoms with Crippen molar-refractivity contribution in [3.05, 3.63) is 40.5 Å². The molecule has 0 heterocycles. The van der Waals surface area contributed by atoms with E-state index < -0.39 is 5.97 Å². The Bertz CT molecular complexity index is 443. The van der Waals surface area contributed by atoms with Gasteiger partial charge in [-0.25, -0.2) is 4.79 Å². The highest BCUT2D eigenvalue weighted by molar-refractivity contribution is 6.32. The molecule has 0 bridgehead atoms. The highest BCUT2D eigenvalue weighted by atomic mass is 35.5. The van der Waals surface area contributed by atoms with Gasteiger partial charge in [0.1, 0.15) is 5.70 Å².